The molecular weight excluding hydrogens is 287 g/mol. The summed E-state index contributed by atoms with van der Waals surface area (Å²) in [5.74, 6) is -0.0432. The van der Waals surface area contributed by atoms with Gasteiger partial charge in [-0.15, -0.1) is 0 Å². The predicted molar refractivity (Wildman–Crippen MR) is 81.0 cm³/mol. The maximum absolute atomic E-state index is 14.0. The SMILES string of the molecule is COC(=O)c1ccc(CNc2nc(C)nc(C)c2N)c(F)c1. The number of carbonyl (C=O) groups is 1. The Labute approximate surface area is 127 Å². The second-order valence-electron chi connectivity index (χ2n) is 4.77. The molecule has 0 atom stereocenters. The van der Waals surface area contributed by atoms with Crippen LogP contribution in [0.2, 0.25) is 0 Å². The summed E-state index contributed by atoms with van der Waals surface area (Å²) in [6.07, 6.45) is 0. The lowest BCUT2D eigenvalue weighted by molar-refractivity contribution is 0.0600. The van der Waals surface area contributed by atoms with Crippen molar-refractivity contribution in [1.29, 1.82) is 0 Å². The van der Waals surface area contributed by atoms with Crippen LogP contribution in [0.15, 0.2) is 18.2 Å². The minimum atomic E-state index is -0.579. The van der Waals surface area contributed by atoms with Crippen molar-refractivity contribution in [3.05, 3.63) is 46.7 Å². The van der Waals surface area contributed by atoms with Gasteiger partial charge in [-0.2, -0.15) is 0 Å². The molecule has 6 nitrogen and oxygen atoms in total. The summed E-state index contributed by atoms with van der Waals surface area (Å²) in [6.45, 7) is 3.72. The van der Waals surface area contributed by atoms with Gasteiger partial charge >= 0.3 is 5.97 Å². The first-order chi connectivity index (χ1) is 10.4. The van der Waals surface area contributed by atoms with Gasteiger partial charge in [0.05, 0.1) is 24.1 Å². The number of nitrogen functional groups attached to an aromatic ring is 1. The lowest BCUT2D eigenvalue weighted by Gasteiger charge is -2.11. The van der Waals surface area contributed by atoms with Gasteiger partial charge in [0.2, 0.25) is 0 Å². The zero-order valence-corrected chi connectivity index (χ0v) is 12.6. The smallest absolute Gasteiger partial charge is 0.337 e. The highest BCUT2D eigenvalue weighted by Crippen LogP contribution is 2.20. The van der Waals surface area contributed by atoms with E-state index in [2.05, 4.69) is 20.0 Å². The van der Waals surface area contributed by atoms with E-state index in [9.17, 15) is 9.18 Å². The van der Waals surface area contributed by atoms with Crippen molar-refractivity contribution in [2.75, 3.05) is 18.2 Å². The van der Waals surface area contributed by atoms with Crippen LogP contribution in [0.3, 0.4) is 0 Å². The Bertz CT molecular complexity index is 719. The molecule has 7 heteroatoms. The summed E-state index contributed by atoms with van der Waals surface area (Å²) in [6, 6.07) is 4.17. The number of anilines is 2. The van der Waals surface area contributed by atoms with Crippen molar-refractivity contribution in [3.8, 4) is 0 Å². The number of nitrogens with two attached hydrogens (primary N) is 1. The van der Waals surface area contributed by atoms with E-state index < -0.39 is 11.8 Å². The third kappa shape index (κ3) is 3.30. The van der Waals surface area contributed by atoms with Crippen LogP contribution < -0.4 is 11.1 Å². The van der Waals surface area contributed by atoms with Gasteiger partial charge in [0, 0.05) is 12.1 Å². The molecule has 0 aliphatic carbocycles. The normalized spacial score (nSPS) is 10.4. The van der Waals surface area contributed by atoms with E-state index in [0.717, 1.165) is 6.07 Å². The fourth-order valence-corrected chi connectivity index (χ4v) is 1.97. The molecule has 2 aromatic rings. The molecule has 0 unspecified atom stereocenters. The first-order valence-corrected chi connectivity index (χ1v) is 6.63. The van der Waals surface area contributed by atoms with Crippen molar-refractivity contribution in [1.82, 2.24) is 9.97 Å². The van der Waals surface area contributed by atoms with E-state index in [4.69, 9.17) is 5.73 Å². The maximum Gasteiger partial charge on any atom is 0.337 e. The Balaban J connectivity index is 2.17. The molecular formula is C15H17FN4O2. The Morgan fingerprint density at radius 3 is 2.73 bits per heavy atom. The number of hydrogen-bond donors (Lipinski definition) is 2. The van der Waals surface area contributed by atoms with Gasteiger partial charge in [0.25, 0.3) is 0 Å². The number of hydrogen-bond acceptors (Lipinski definition) is 6. The van der Waals surface area contributed by atoms with E-state index >= 15 is 0 Å². The molecule has 116 valence electrons. The molecule has 0 saturated carbocycles. The number of benzene rings is 1. The molecule has 1 aromatic heterocycles. The predicted octanol–water partition coefficient (Wildman–Crippen LogP) is 2.21. The molecule has 0 aliphatic rings. The van der Waals surface area contributed by atoms with Crippen LogP contribution >= 0.6 is 0 Å². The monoisotopic (exact) mass is 304 g/mol. The number of halogens is 1. The molecule has 2 rings (SSSR count). The Morgan fingerprint density at radius 2 is 2.09 bits per heavy atom. The van der Waals surface area contributed by atoms with Crippen LogP contribution in [0.1, 0.15) is 27.4 Å². The fourth-order valence-electron chi connectivity index (χ4n) is 1.97. The topological polar surface area (TPSA) is 90.1 Å². The number of esters is 1. The molecule has 0 saturated heterocycles. The maximum atomic E-state index is 14.0. The van der Waals surface area contributed by atoms with Crippen LogP contribution in [0, 0.1) is 19.7 Å². The van der Waals surface area contributed by atoms with Crippen LogP contribution in [-0.4, -0.2) is 23.0 Å². The number of rotatable bonds is 4. The van der Waals surface area contributed by atoms with E-state index in [1.165, 1.54) is 19.2 Å². The number of methoxy groups -OCH3 is 1. The van der Waals surface area contributed by atoms with Crippen molar-refractivity contribution < 1.29 is 13.9 Å². The largest absolute Gasteiger partial charge is 0.465 e. The molecule has 0 aliphatic heterocycles. The third-order valence-electron chi connectivity index (χ3n) is 3.17. The molecule has 3 N–H and O–H groups in total. The van der Waals surface area contributed by atoms with Crippen LogP contribution in [0.25, 0.3) is 0 Å². The lowest BCUT2D eigenvalue weighted by Crippen LogP contribution is -2.10. The van der Waals surface area contributed by atoms with E-state index in [1.54, 1.807) is 13.8 Å². The molecule has 1 heterocycles. The lowest BCUT2D eigenvalue weighted by atomic mass is 10.1. The van der Waals surface area contributed by atoms with Gasteiger partial charge in [-0.1, -0.05) is 6.07 Å². The second-order valence-corrected chi connectivity index (χ2v) is 4.77. The summed E-state index contributed by atoms with van der Waals surface area (Å²) >= 11 is 0. The van der Waals surface area contributed by atoms with Gasteiger partial charge in [0.15, 0.2) is 5.82 Å². The Kier molecular flexibility index (Phi) is 4.55. The molecule has 0 bridgehead atoms. The number of nitrogens with zero attached hydrogens (tertiary/aromatic N) is 2. The van der Waals surface area contributed by atoms with Crippen LogP contribution in [0.5, 0.6) is 0 Å². The number of carbonyl (C=O) groups excluding carboxylic acids is 1. The van der Waals surface area contributed by atoms with Gasteiger partial charge in [0.1, 0.15) is 11.6 Å². The third-order valence-corrected chi connectivity index (χ3v) is 3.17. The number of aryl methyl sites for hydroxylation is 2. The molecule has 0 amide bonds. The Hall–Kier alpha value is -2.70. The minimum absolute atomic E-state index is 0.164. The molecule has 22 heavy (non-hydrogen) atoms. The average Bonchev–Trinajstić information content (AvgIpc) is 2.49. The Morgan fingerprint density at radius 1 is 1.36 bits per heavy atom. The zero-order valence-electron chi connectivity index (χ0n) is 12.6. The fraction of sp³-hybridized carbons (Fsp3) is 0.267. The summed E-state index contributed by atoms with van der Waals surface area (Å²) in [4.78, 5) is 19.7. The van der Waals surface area contributed by atoms with Gasteiger partial charge in [-0.05, 0) is 26.0 Å². The molecule has 0 fully saturated rings. The number of aromatic nitrogens is 2. The number of ether oxygens (including phenoxy) is 1. The second kappa shape index (κ2) is 6.38. The van der Waals surface area contributed by atoms with Crippen molar-refractivity contribution in [3.63, 3.8) is 0 Å². The minimum Gasteiger partial charge on any atom is -0.465 e. The van der Waals surface area contributed by atoms with E-state index in [-0.39, 0.29) is 12.1 Å². The molecule has 1 aromatic carbocycles. The van der Waals surface area contributed by atoms with Gasteiger partial charge in [-0.3, -0.25) is 0 Å². The highest BCUT2D eigenvalue weighted by molar-refractivity contribution is 5.89. The van der Waals surface area contributed by atoms with Crippen molar-refractivity contribution >= 4 is 17.5 Å². The summed E-state index contributed by atoms with van der Waals surface area (Å²) in [5, 5.41) is 2.98. The standard InChI is InChI=1S/C15H17FN4O2/c1-8-13(17)14(20-9(2)19-8)18-7-11-5-4-10(6-12(11)16)15(21)22-3/h4-6H,7,17H2,1-3H3,(H,18,19,20). The van der Waals surface area contributed by atoms with E-state index in [0.29, 0.717) is 28.6 Å². The summed E-state index contributed by atoms with van der Waals surface area (Å²) < 4.78 is 18.5. The summed E-state index contributed by atoms with van der Waals surface area (Å²) in [7, 11) is 1.25. The summed E-state index contributed by atoms with van der Waals surface area (Å²) in [5.41, 5.74) is 7.54. The van der Waals surface area contributed by atoms with Crippen molar-refractivity contribution in [2.45, 2.75) is 20.4 Å². The van der Waals surface area contributed by atoms with Crippen molar-refractivity contribution in [2.24, 2.45) is 0 Å². The molecule has 0 radical (unpaired) electrons. The van der Waals surface area contributed by atoms with E-state index in [1.807, 2.05) is 0 Å². The van der Waals surface area contributed by atoms with Crippen LogP contribution in [0.4, 0.5) is 15.9 Å². The van der Waals surface area contributed by atoms with Crippen LogP contribution in [-0.2, 0) is 11.3 Å². The quantitative estimate of drug-likeness (QED) is 0.842. The highest BCUT2D eigenvalue weighted by atomic mass is 19.1. The first kappa shape index (κ1) is 15.7. The highest BCUT2D eigenvalue weighted by Gasteiger charge is 2.11. The number of nitrogens with one attached hydrogen (secondary N) is 1. The van der Waals surface area contributed by atoms with Gasteiger partial charge in [-0.25, -0.2) is 19.2 Å². The average molecular weight is 304 g/mol. The first-order valence-electron chi connectivity index (χ1n) is 6.63. The zero-order chi connectivity index (χ0) is 16.3. The molecule has 0 spiro atoms. The van der Waals surface area contributed by atoms with Gasteiger partial charge < -0.3 is 15.8 Å².